The Labute approximate surface area is 146 Å². The van der Waals surface area contributed by atoms with Crippen LogP contribution in [0.25, 0.3) is 11.3 Å². The molecule has 3 aromatic rings. The van der Waals surface area contributed by atoms with E-state index in [4.69, 9.17) is 4.98 Å². The van der Waals surface area contributed by atoms with Crippen LogP contribution in [0.2, 0.25) is 0 Å². The van der Waals surface area contributed by atoms with Crippen molar-refractivity contribution in [2.75, 3.05) is 36.0 Å². The highest BCUT2D eigenvalue weighted by atomic mass is 16.3. The van der Waals surface area contributed by atoms with Crippen molar-refractivity contribution < 1.29 is 5.11 Å². The minimum Gasteiger partial charge on any atom is -0.508 e. The van der Waals surface area contributed by atoms with E-state index in [0.29, 0.717) is 0 Å². The van der Waals surface area contributed by atoms with E-state index in [-0.39, 0.29) is 5.75 Å². The molecule has 6 nitrogen and oxygen atoms in total. The van der Waals surface area contributed by atoms with Crippen LogP contribution in [0.5, 0.6) is 5.75 Å². The zero-order valence-corrected chi connectivity index (χ0v) is 13.8. The number of anilines is 2. The lowest BCUT2D eigenvalue weighted by molar-refractivity contribution is 0.475. The predicted octanol–water partition coefficient (Wildman–Crippen LogP) is 2.57. The first-order chi connectivity index (χ1) is 12.3. The summed E-state index contributed by atoms with van der Waals surface area (Å²) in [5.74, 6) is 1.10. The summed E-state index contributed by atoms with van der Waals surface area (Å²) in [6, 6.07) is 11.2. The van der Waals surface area contributed by atoms with Gasteiger partial charge in [-0.2, -0.15) is 0 Å². The van der Waals surface area contributed by atoms with Crippen molar-refractivity contribution >= 4 is 11.5 Å². The number of hydrogen-bond acceptors (Lipinski definition) is 6. The maximum absolute atomic E-state index is 9.66. The summed E-state index contributed by atoms with van der Waals surface area (Å²) < 4.78 is 0. The molecule has 2 aromatic heterocycles. The van der Waals surface area contributed by atoms with Crippen LogP contribution in [0.1, 0.15) is 0 Å². The first-order valence-electron chi connectivity index (χ1n) is 8.31. The van der Waals surface area contributed by atoms with Gasteiger partial charge in [-0.15, -0.1) is 0 Å². The highest BCUT2D eigenvalue weighted by Gasteiger charge is 2.19. The molecule has 1 aliphatic rings. The van der Waals surface area contributed by atoms with Crippen LogP contribution in [0.15, 0.2) is 61.2 Å². The van der Waals surface area contributed by atoms with Crippen molar-refractivity contribution in [1.29, 1.82) is 0 Å². The third-order valence-corrected chi connectivity index (χ3v) is 4.40. The minimum atomic E-state index is 0.232. The van der Waals surface area contributed by atoms with Gasteiger partial charge < -0.3 is 14.9 Å². The highest BCUT2D eigenvalue weighted by Crippen LogP contribution is 2.24. The van der Waals surface area contributed by atoms with E-state index in [1.165, 1.54) is 5.69 Å². The fraction of sp³-hybridized carbons (Fsp3) is 0.211. The van der Waals surface area contributed by atoms with E-state index >= 15 is 0 Å². The number of aromatic hydroxyl groups is 1. The molecular weight excluding hydrogens is 314 g/mol. The Morgan fingerprint density at radius 1 is 0.840 bits per heavy atom. The average Bonchev–Trinajstić information content (AvgIpc) is 2.69. The summed E-state index contributed by atoms with van der Waals surface area (Å²) in [6.45, 7) is 3.64. The van der Waals surface area contributed by atoms with E-state index in [1.807, 2.05) is 36.7 Å². The van der Waals surface area contributed by atoms with Gasteiger partial charge in [0.1, 0.15) is 11.6 Å². The molecule has 0 aliphatic carbocycles. The van der Waals surface area contributed by atoms with Gasteiger partial charge in [0.15, 0.2) is 0 Å². The summed E-state index contributed by atoms with van der Waals surface area (Å²) in [5.41, 5.74) is 2.84. The average molecular weight is 333 g/mol. The second-order valence-electron chi connectivity index (χ2n) is 5.99. The van der Waals surface area contributed by atoms with Gasteiger partial charge in [-0.05, 0) is 24.3 Å². The lowest BCUT2D eigenvalue weighted by Crippen LogP contribution is -2.46. The predicted molar refractivity (Wildman–Crippen MR) is 97.8 cm³/mol. The van der Waals surface area contributed by atoms with Gasteiger partial charge in [-0.25, -0.2) is 4.98 Å². The topological polar surface area (TPSA) is 65.4 Å². The minimum absolute atomic E-state index is 0.232. The van der Waals surface area contributed by atoms with Crippen molar-refractivity contribution in [3.05, 3.63) is 61.2 Å². The van der Waals surface area contributed by atoms with Gasteiger partial charge in [0, 0.05) is 49.8 Å². The van der Waals surface area contributed by atoms with Crippen molar-refractivity contribution in [2.24, 2.45) is 0 Å². The van der Waals surface area contributed by atoms with Crippen LogP contribution in [0, 0.1) is 0 Å². The van der Waals surface area contributed by atoms with Crippen LogP contribution in [-0.2, 0) is 0 Å². The van der Waals surface area contributed by atoms with Crippen molar-refractivity contribution in [1.82, 2.24) is 15.0 Å². The number of phenolic OH excluding ortho intramolecular Hbond substituents is 1. The second-order valence-corrected chi connectivity index (χ2v) is 5.99. The van der Waals surface area contributed by atoms with Crippen LogP contribution >= 0.6 is 0 Å². The molecule has 0 radical (unpaired) electrons. The summed E-state index contributed by atoms with van der Waals surface area (Å²) >= 11 is 0. The van der Waals surface area contributed by atoms with Gasteiger partial charge in [0.2, 0.25) is 0 Å². The van der Waals surface area contributed by atoms with Crippen molar-refractivity contribution in [3.63, 3.8) is 0 Å². The standard InChI is InChI=1S/C19H19N5O/c25-17-3-1-2-15(12-17)18-13-21-14-19(22-18)24-10-8-23(9-11-24)16-4-6-20-7-5-16/h1-7,12-14,25H,8-11H2. The SMILES string of the molecule is Oc1cccc(-c2cncc(N3CCN(c4ccncc4)CC3)n2)c1. The van der Waals surface area contributed by atoms with Crippen LogP contribution in [-0.4, -0.2) is 46.2 Å². The number of piperazine rings is 1. The Morgan fingerprint density at radius 2 is 1.60 bits per heavy atom. The molecule has 1 aromatic carbocycles. The fourth-order valence-corrected chi connectivity index (χ4v) is 3.06. The number of benzene rings is 1. The Bertz CT molecular complexity index is 847. The summed E-state index contributed by atoms with van der Waals surface area (Å²) in [5, 5.41) is 9.66. The Hall–Kier alpha value is -3.15. The van der Waals surface area contributed by atoms with Crippen LogP contribution in [0.4, 0.5) is 11.5 Å². The van der Waals surface area contributed by atoms with E-state index in [0.717, 1.165) is 43.3 Å². The normalized spacial score (nSPS) is 14.6. The summed E-state index contributed by atoms with van der Waals surface area (Å²) in [6.07, 6.45) is 7.18. The fourth-order valence-electron chi connectivity index (χ4n) is 3.06. The number of pyridine rings is 1. The molecule has 4 rings (SSSR count). The third-order valence-electron chi connectivity index (χ3n) is 4.40. The molecule has 0 unspecified atom stereocenters. The number of aromatic nitrogens is 3. The second kappa shape index (κ2) is 6.76. The van der Waals surface area contributed by atoms with E-state index in [2.05, 4.69) is 19.8 Å². The molecule has 1 N–H and O–H groups in total. The Kier molecular flexibility index (Phi) is 4.16. The van der Waals surface area contributed by atoms with E-state index in [1.54, 1.807) is 24.5 Å². The maximum atomic E-state index is 9.66. The quantitative estimate of drug-likeness (QED) is 0.795. The molecular formula is C19H19N5O. The van der Waals surface area contributed by atoms with Crippen LogP contribution < -0.4 is 9.80 Å². The Balaban J connectivity index is 1.49. The highest BCUT2D eigenvalue weighted by molar-refractivity contribution is 5.62. The maximum Gasteiger partial charge on any atom is 0.147 e. The largest absolute Gasteiger partial charge is 0.508 e. The van der Waals surface area contributed by atoms with Gasteiger partial charge in [-0.3, -0.25) is 9.97 Å². The van der Waals surface area contributed by atoms with Crippen molar-refractivity contribution in [2.45, 2.75) is 0 Å². The molecule has 0 amide bonds. The number of rotatable bonds is 3. The molecule has 0 spiro atoms. The molecule has 1 saturated heterocycles. The summed E-state index contributed by atoms with van der Waals surface area (Å²) in [4.78, 5) is 17.7. The van der Waals surface area contributed by atoms with Crippen molar-refractivity contribution in [3.8, 4) is 17.0 Å². The number of nitrogens with zero attached hydrogens (tertiary/aromatic N) is 5. The molecule has 3 heterocycles. The zero-order chi connectivity index (χ0) is 17.1. The smallest absolute Gasteiger partial charge is 0.147 e. The van der Waals surface area contributed by atoms with E-state index in [9.17, 15) is 5.11 Å². The third kappa shape index (κ3) is 3.38. The van der Waals surface area contributed by atoms with Gasteiger partial charge in [0.25, 0.3) is 0 Å². The molecule has 1 aliphatic heterocycles. The molecule has 25 heavy (non-hydrogen) atoms. The van der Waals surface area contributed by atoms with Gasteiger partial charge in [-0.1, -0.05) is 12.1 Å². The Morgan fingerprint density at radius 3 is 2.36 bits per heavy atom. The molecule has 126 valence electrons. The first kappa shape index (κ1) is 15.4. The lowest BCUT2D eigenvalue weighted by atomic mass is 10.1. The van der Waals surface area contributed by atoms with Gasteiger partial charge in [0.05, 0.1) is 18.1 Å². The first-order valence-corrected chi connectivity index (χ1v) is 8.31. The summed E-state index contributed by atoms with van der Waals surface area (Å²) in [7, 11) is 0. The molecule has 6 heteroatoms. The number of hydrogen-bond donors (Lipinski definition) is 1. The van der Waals surface area contributed by atoms with Gasteiger partial charge >= 0.3 is 0 Å². The molecule has 0 saturated carbocycles. The zero-order valence-electron chi connectivity index (χ0n) is 13.8. The monoisotopic (exact) mass is 333 g/mol. The molecule has 1 fully saturated rings. The number of phenols is 1. The molecule has 0 atom stereocenters. The molecule has 0 bridgehead atoms. The lowest BCUT2D eigenvalue weighted by Gasteiger charge is -2.36. The van der Waals surface area contributed by atoms with E-state index < -0.39 is 0 Å². The van der Waals surface area contributed by atoms with Crippen LogP contribution in [0.3, 0.4) is 0 Å².